The van der Waals surface area contributed by atoms with E-state index in [1.807, 2.05) is 74.8 Å². The fourth-order valence-electron chi connectivity index (χ4n) is 3.06. The number of aromatic nitrogens is 2. The summed E-state index contributed by atoms with van der Waals surface area (Å²) in [6.45, 7) is 0. The van der Waals surface area contributed by atoms with E-state index in [1.54, 1.807) is 30.3 Å². The Bertz CT molecular complexity index is 1200. The summed E-state index contributed by atoms with van der Waals surface area (Å²) in [5.41, 5.74) is 2.16. The fourth-order valence-corrected chi connectivity index (χ4v) is 3.06. The van der Waals surface area contributed by atoms with E-state index in [1.165, 1.54) is 0 Å². The van der Waals surface area contributed by atoms with Crippen molar-refractivity contribution >= 4 is 11.8 Å². The summed E-state index contributed by atoms with van der Waals surface area (Å²) >= 11 is 0. The van der Waals surface area contributed by atoms with Gasteiger partial charge in [0.05, 0.1) is 11.4 Å². The standard InChI is InChI=1S/C24H16N2O3.C2H7N/c27-23(18-14-8-3-9-15-18)21-22(24(28)29)26-20(17-12-6-2-7-13-17)19(25-21)16-10-4-1-5-11-16;1-3-2/h1-15H,(H,28,29);3H,1-2H3. The van der Waals surface area contributed by atoms with Gasteiger partial charge in [0.1, 0.15) is 5.69 Å². The number of hydrogen-bond acceptors (Lipinski definition) is 5. The molecule has 0 saturated heterocycles. The fraction of sp³-hybridized carbons (Fsp3) is 0.0769. The minimum Gasteiger partial charge on any atom is -0.476 e. The van der Waals surface area contributed by atoms with Crippen LogP contribution in [0.4, 0.5) is 0 Å². The van der Waals surface area contributed by atoms with Crippen LogP contribution < -0.4 is 5.32 Å². The van der Waals surface area contributed by atoms with Crippen LogP contribution in [-0.2, 0) is 0 Å². The van der Waals surface area contributed by atoms with Gasteiger partial charge < -0.3 is 10.4 Å². The van der Waals surface area contributed by atoms with Crippen molar-refractivity contribution < 1.29 is 14.7 Å². The van der Waals surface area contributed by atoms with E-state index in [-0.39, 0.29) is 11.4 Å². The Labute approximate surface area is 186 Å². The molecule has 0 fully saturated rings. The van der Waals surface area contributed by atoms with E-state index in [9.17, 15) is 14.7 Å². The van der Waals surface area contributed by atoms with E-state index in [0.29, 0.717) is 17.0 Å². The van der Waals surface area contributed by atoms with Gasteiger partial charge in [0.25, 0.3) is 0 Å². The molecular formula is C26H23N3O3. The third-order valence-electron chi connectivity index (χ3n) is 4.44. The van der Waals surface area contributed by atoms with Gasteiger partial charge in [0.2, 0.25) is 5.78 Å². The second-order valence-electron chi connectivity index (χ2n) is 6.85. The summed E-state index contributed by atoms with van der Waals surface area (Å²) in [5, 5.41) is 12.5. The average molecular weight is 425 g/mol. The van der Waals surface area contributed by atoms with Crippen molar-refractivity contribution in [1.82, 2.24) is 15.3 Å². The number of carboxylic acids is 1. The molecule has 0 amide bonds. The summed E-state index contributed by atoms with van der Waals surface area (Å²) < 4.78 is 0. The number of ketones is 1. The Morgan fingerprint density at radius 2 is 1.03 bits per heavy atom. The van der Waals surface area contributed by atoms with Crippen LogP contribution in [0.2, 0.25) is 0 Å². The van der Waals surface area contributed by atoms with Crippen LogP contribution in [0.1, 0.15) is 26.5 Å². The van der Waals surface area contributed by atoms with E-state index >= 15 is 0 Å². The number of hydrogen-bond donors (Lipinski definition) is 2. The molecule has 0 saturated carbocycles. The highest BCUT2D eigenvalue weighted by Gasteiger charge is 2.25. The largest absolute Gasteiger partial charge is 0.476 e. The van der Waals surface area contributed by atoms with Crippen LogP contribution in [-0.4, -0.2) is 40.9 Å². The maximum atomic E-state index is 13.0. The van der Waals surface area contributed by atoms with E-state index in [0.717, 1.165) is 11.1 Å². The van der Waals surface area contributed by atoms with Gasteiger partial charge in [-0.25, -0.2) is 14.8 Å². The van der Waals surface area contributed by atoms with Crippen molar-refractivity contribution in [2.45, 2.75) is 0 Å². The summed E-state index contributed by atoms with van der Waals surface area (Å²) in [4.78, 5) is 33.9. The number of carboxylic acid groups (broad SMARTS) is 1. The first-order valence-corrected chi connectivity index (χ1v) is 10.0. The summed E-state index contributed by atoms with van der Waals surface area (Å²) in [7, 11) is 3.75. The maximum absolute atomic E-state index is 13.0. The first-order valence-electron chi connectivity index (χ1n) is 10.0. The van der Waals surface area contributed by atoms with Crippen LogP contribution in [0.5, 0.6) is 0 Å². The van der Waals surface area contributed by atoms with Crippen LogP contribution in [0, 0.1) is 0 Å². The van der Waals surface area contributed by atoms with Crippen LogP contribution in [0.15, 0.2) is 91.0 Å². The SMILES string of the molecule is CNC.O=C(O)c1nc(-c2ccccc2)c(-c2ccccc2)nc1C(=O)c1ccccc1. The molecule has 6 nitrogen and oxygen atoms in total. The van der Waals surface area contributed by atoms with Crippen molar-refractivity contribution in [3.8, 4) is 22.5 Å². The number of nitrogens with zero attached hydrogens (tertiary/aromatic N) is 2. The highest BCUT2D eigenvalue weighted by molar-refractivity contribution is 6.13. The van der Waals surface area contributed by atoms with Crippen LogP contribution in [0.3, 0.4) is 0 Å². The molecule has 2 N–H and O–H groups in total. The zero-order chi connectivity index (χ0) is 22.9. The molecule has 6 heteroatoms. The number of rotatable bonds is 5. The Balaban J connectivity index is 0.000000913. The molecule has 0 aliphatic heterocycles. The van der Waals surface area contributed by atoms with Gasteiger partial charge in [-0.15, -0.1) is 0 Å². The quantitative estimate of drug-likeness (QED) is 0.455. The number of benzene rings is 3. The van der Waals surface area contributed by atoms with Crippen molar-refractivity contribution in [2.24, 2.45) is 0 Å². The summed E-state index contributed by atoms with van der Waals surface area (Å²) in [6, 6.07) is 27.0. The lowest BCUT2D eigenvalue weighted by molar-refractivity contribution is 0.0685. The Kier molecular flexibility index (Phi) is 7.56. The Hall–Kier alpha value is -4.16. The predicted molar refractivity (Wildman–Crippen MR) is 125 cm³/mol. The van der Waals surface area contributed by atoms with Crippen LogP contribution >= 0.6 is 0 Å². The molecule has 0 unspecified atom stereocenters. The highest BCUT2D eigenvalue weighted by Crippen LogP contribution is 2.30. The summed E-state index contributed by atoms with van der Waals surface area (Å²) in [5.74, 6) is -1.78. The van der Waals surface area contributed by atoms with E-state index < -0.39 is 11.8 Å². The Morgan fingerprint density at radius 1 is 0.656 bits per heavy atom. The minimum absolute atomic E-state index is 0.178. The van der Waals surface area contributed by atoms with Gasteiger partial charge in [-0.1, -0.05) is 91.0 Å². The number of nitrogens with one attached hydrogen (secondary N) is 1. The van der Waals surface area contributed by atoms with Gasteiger partial charge in [-0.05, 0) is 14.1 Å². The zero-order valence-electron chi connectivity index (χ0n) is 17.8. The summed E-state index contributed by atoms with van der Waals surface area (Å²) in [6.07, 6.45) is 0. The molecular weight excluding hydrogens is 402 g/mol. The van der Waals surface area contributed by atoms with Gasteiger partial charge in [0, 0.05) is 16.7 Å². The predicted octanol–water partition coefficient (Wildman–Crippen LogP) is 4.58. The smallest absolute Gasteiger partial charge is 0.356 e. The number of carbonyl (C=O) groups is 2. The average Bonchev–Trinajstić information content (AvgIpc) is 2.85. The number of aromatic carboxylic acids is 1. The molecule has 0 radical (unpaired) electrons. The molecule has 1 heterocycles. The monoisotopic (exact) mass is 425 g/mol. The van der Waals surface area contributed by atoms with Crippen molar-refractivity contribution in [3.63, 3.8) is 0 Å². The molecule has 0 bridgehead atoms. The number of carbonyl (C=O) groups excluding carboxylic acids is 1. The molecule has 0 aliphatic carbocycles. The second-order valence-corrected chi connectivity index (χ2v) is 6.85. The normalized spacial score (nSPS) is 10.1. The van der Waals surface area contributed by atoms with E-state index in [4.69, 9.17) is 0 Å². The van der Waals surface area contributed by atoms with Crippen molar-refractivity contribution in [1.29, 1.82) is 0 Å². The third-order valence-corrected chi connectivity index (χ3v) is 4.44. The van der Waals surface area contributed by atoms with Gasteiger partial charge in [-0.3, -0.25) is 4.79 Å². The molecule has 1 aromatic heterocycles. The molecule has 3 aromatic carbocycles. The second kappa shape index (κ2) is 10.7. The maximum Gasteiger partial charge on any atom is 0.356 e. The first-order chi connectivity index (χ1) is 15.6. The molecule has 0 aliphatic rings. The molecule has 4 rings (SSSR count). The van der Waals surface area contributed by atoms with Crippen molar-refractivity contribution in [2.75, 3.05) is 14.1 Å². The Morgan fingerprint density at radius 3 is 1.44 bits per heavy atom. The molecule has 32 heavy (non-hydrogen) atoms. The highest BCUT2D eigenvalue weighted by atomic mass is 16.4. The molecule has 4 aromatic rings. The third kappa shape index (κ3) is 5.11. The van der Waals surface area contributed by atoms with Gasteiger partial charge >= 0.3 is 5.97 Å². The topological polar surface area (TPSA) is 92.2 Å². The van der Waals surface area contributed by atoms with Gasteiger partial charge in [-0.2, -0.15) is 0 Å². The lowest BCUT2D eigenvalue weighted by atomic mass is 10.0. The lowest BCUT2D eigenvalue weighted by Crippen LogP contribution is -2.16. The molecule has 0 spiro atoms. The molecule has 160 valence electrons. The van der Waals surface area contributed by atoms with Crippen LogP contribution in [0.25, 0.3) is 22.5 Å². The van der Waals surface area contributed by atoms with Crippen molar-refractivity contribution in [3.05, 3.63) is 108 Å². The zero-order valence-corrected chi connectivity index (χ0v) is 17.8. The minimum atomic E-state index is -1.30. The van der Waals surface area contributed by atoms with Gasteiger partial charge in [0.15, 0.2) is 5.69 Å². The lowest BCUT2D eigenvalue weighted by Gasteiger charge is -2.13. The van der Waals surface area contributed by atoms with E-state index in [2.05, 4.69) is 15.3 Å². The molecule has 0 atom stereocenters. The first kappa shape index (κ1) is 22.5.